The van der Waals surface area contributed by atoms with Crippen LogP contribution in [0, 0.1) is 6.92 Å². The van der Waals surface area contributed by atoms with Crippen molar-refractivity contribution in [3.63, 3.8) is 0 Å². The normalized spacial score (nSPS) is 11.2. The molecule has 2 rings (SSSR count). The van der Waals surface area contributed by atoms with E-state index in [1.807, 2.05) is 19.1 Å². The summed E-state index contributed by atoms with van der Waals surface area (Å²) >= 11 is 0. The van der Waals surface area contributed by atoms with Gasteiger partial charge in [0.1, 0.15) is 11.5 Å². The van der Waals surface area contributed by atoms with Gasteiger partial charge in [-0.15, -0.1) is 0 Å². The lowest BCUT2D eigenvalue weighted by Crippen LogP contribution is -2.13. The van der Waals surface area contributed by atoms with Crippen molar-refractivity contribution in [2.24, 2.45) is 0 Å². The van der Waals surface area contributed by atoms with Crippen molar-refractivity contribution < 1.29 is 4.42 Å². The highest BCUT2D eigenvalue weighted by Gasteiger charge is 2.00. The van der Waals surface area contributed by atoms with Gasteiger partial charge in [-0.05, 0) is 44.3 Å². The van der Waals surface area contributed by atoms with Crippen LogP contribution in [0.1, 0.15) is 22.6 Å². The molecular formula is C16H22N2O. The van der Waals surface area contributed by atoms with Crippen molar-refractivity contribution in [3.8, 4) is 0 Å². The molecule has 0 amide bonds. The third-order valence-corrected chi connectivity index (χ3v) is 2.91. The SMILES string of the molecule is Cc1ccc(CNCc2cccc(CN(C)C)c2)o1. The molecule has 0 spiro atoms. The lowest BCUT2D eigenvalue weighted by atomic mass is 10.1. The topological polar surface area (TPSA) is 28.4 Å². The Balaban J connectivity index is 1.85. The van der Waals surface area contributed by atoms with Gasteiger partial charge in [0.15, 0.2) is 0 Å². The maximum Gasteiger partial charge on any atom is 0.117 e. The molecule has 0 aliphatic heterocycles. The quantitative estimate of drug-likeness (QED) is 0.863. The van der Waals surface area contributed by atoms with Crippen LogP contribution < -0.4 is 5.32 Å². The zero-order valence-corrected chi connectivity index (χ0v) is 11.9. The van der Waals surface area contributed by atoms with Gasteiger partial charge >= 0.3 is 0 Å². The number of nitrogens with one attached hydrogen (secondary N) is 1. The summed E-state index contributed by atoms with van der Waals surface area (Å²) in [5.41, 5.74) is 2.65. The van der Waals surface area contributed by atoms with Gasteiger partial charge in [-0.2, -0.15) is 0 Å². The van der Waals surface area contributed by atoms with E-state index in [1.165, 1.54) is 11.1 Å². The van der Waals surface area contributed by atoms with Crippen LogP contribution in [0.15, 0.2) is 40.8 Å². The van der Waals surface area contributed by atoms with E-state index in [4.69, 9.17) is 4.42 Å². The van der Waals surface area contributed by atoms with Crippen molar-refractivity contribution in [1.29, 1.82) is 0 Å². The highest BCUT2D eigenvalue weighted by molar-refractivity contribution is 5.23. The molecule has 0 aliphatic rings. The van der Waals surface area contributed by atoms with Crippen molar-refractivity contribution in [2.45, 2.75) is 26.6 Å². The molecule has 0 unspecified atom stereocenters. The van der Waals surface area contributed by atoms with Crippen molar-refractivity contribution in [2.75, 3.05) is 14.1 Å². The molecule has 0 atom stereocenters. The number of nitrogens with zero attached hydrogens (tertiary/aromatic N) is 1. The molecule has 102 valence electrons. The van der Waals surface area contributed by atoms with E-state index in [0.29, 0.717) is 0 Å². The monoisotopic (exact) mass is 258 g/mol. The predicted octanol–water partition coefficient (Wildman–Crippen LogP) is 2.94. The van der Waals surface area contributed by atoms with Crippen molar-refractivity contribution >= 4 is 0 Å². The summed E-state index contributed by atoms with van der Waals surface area (Å²) in [5.74, 6) is 1.95. The molecule has 1 heterocycles. The lowest BCUT2D eigenvalue weighted by molar-refractivity contribution is 0.402. The Hall–Kier alpha value is -1.58. The van der Waals surface area contributed by atoms with Crippen molar-refractivity contribution in [3.05, 3.63) is 59.0 Å². The molecule has 1 aromatic heterocycles. The van der Waals surface area contributed by atoms with Crippen molar-refractivity contribution in [1.82, 2.24) is 10.2 Å². The highest BCUT2D eigenvalue weighted by Crippen LogP contribution is 2.08. The Kier molecular flexibility index (Phi) is 4.77. The Morgan fingerprint density at radius 2 is 1.84 bits per heavy atom. The van der Waals surface area contributed by atoms with Crippen LogP contribution in [-0.2, 0) is 19.6 Å². The predicted molar refractivity (Wildman–Crippen MR) is 77.8 cm³/mol. The molecule has 0 aliphatic carbocycles. The summed E-state index contributed by atoms with van der Waals surface area (Å²) in [5, 5.41) is 3.40. The van der Waals surface area contributed by atoms with E-state index in [2.05, 4.69) is 48.6 Å². The summed E-state index contributed by atoms with van der Waals surface area (Å²) in [4.78, 5) is 2.18. The molecule has 0 saturated heterocycles. The smallest absolute Gasteiger partial charge is 0.117 e. The molecule has 19 heavy (non-hydrogen) atoms. The summed E-state index contributed by atoms with van der Waals surface area (Å²) in [7, 11) is 4.17. The summed E-state index contributed by atoms with van der Waals surface area (Å²) in [6.07, 6.45) is 0. The first-order valence-electron chi connectivity index (χ1n) is 6.62. The van der Waals surface area contributed by atoms with E-state index in [9.17, 15) is 0 Å². The molecular weight excluding hydrogens is 236 g/mol. The Morgan fingerprint density at radius 1 is 1.05 bits per heavy atom. The second-order valence-electron chi connectivity index (χ2n) is 5.17. The second-order valence-corrected chi connectivity index (χ2v) is 5.17. The fourth-order valence-corrected chi connectivity index (χ4v) is 2.11. The van der Waals surface area contributed by atoms with E-state index in [0.717, 1.165) is 31.2 Å². The summed E-state index contributed by atoms with van der Waals surface area (Å²) < 4.78 is 5.53. The fourth-order valence-electron chi connectivity index (χ4n) is 2.11. The zero-order chi connectivity index (χ0) is 13.7. The summed E-state index contributed by atoms with van der Waals surface area (Å²) in [6, 6.07) is 12.7. The van der Waals surface area contributed by atoms with Crippen LogP contribution in [0.25, 0.3) is 0 Å². The molecule has 1 N–H and O–H groups in total. The number of benzene rings is 1. The fraction of sp³-hybridized carbons (Fsp3) is 0.375. The number of hydrogen-bond acceptors (Lipinski definition) is 3. The Labute approximate surface area is 115 Å². The standard InChI is InChI=1S/C16H22N2O/c1-13-7-8-16(19-13)11-17-10-14-5-4-6-15(9-14)12-18(2)3/h4-9,17H,10-12H2,1-3H3. The molecule has 0 bridgehead atoms. The first-order chi connectivity index (χ1) is 9.13. The average Bonchev–Trinajstić information content (AvgIpc) is 2.75. The minimum Gasteiger partial charge on any atom is -0.465 e. The van der Waals surface area contributed by atoms with E-state index in [1.54, 1.807) is 0 Å². The third kappa shape index (κ3) is 4.54. The van der Waals surface area contributed by atoms with E-state index in [-0.39, 0.29) is 0 Å². The molecule has 0 radical (unpaired) electrons. The van der Waals surface area contributed by atoms with Crippen LogP contribution in [-0.4, -0.2) is 19.0 Å². The minimum atomic E-state index is 0.770. The van der Waals surface area contributed by atoms with Gasteiger partial charge < -0.3 is 14.6 Å². The van der Waals surface area contributed by atoms with Gasteiger partial charge in [-0.3, -0.25) is 0 Å². The minimum absolute atomic E-state index is 0.770. The third-order valence-electron chi connectivity index (χ3n) is 2.91. The molecule has 2 aromatic rings. The number of furan rings is 1. The second kappa shape index (κ2) is 6.55. The van der Waals surface area contributed by atoms with Gasteiger partial charge in [0.05, 0.1) is 6.54 Å². The first-order valence-corrected chi connectivity index (χ1v) is 6.62. The molecule has 3 heteroatoms. The number of rotatable bonds is 6. The van der Waals surface area contributed by atoms with Crippen LogP contribution in [0.5, 0.6) is 0 Å². The van der Waals surface area contributed by atoms with Gasteiger partial charge in [-0.25, -0.2) is 0 Å². The average molecular weight is 258 g/mol. The van der Waals surface area contributed by atoms with E-state index >= 15 is 0 Å². The van der Waals surface area contributed by atoms with Crippen LogP contribution in [0.3, 0.4) is 0 Å². The van der Waals surface area contributed by atoms with Crippen LogP contribution in [0.4, 0.5) is 0 Å². The summed E-state index contributed by atoms with van der Waals surface area (Å²) in [6.45, 7) is 4.58. The van der Waals surface area contributed by atoms with Gasteiger partial charge in [-0.1, -0.05) is 24.3 Å². The highest BCUT2D eigenvalue weighted by atomic mass is 16.3. The van der Waals surface area contributed by atoms with Gasteiger partial charge in [0.25, 0.3) is 0 Å². The molecule has 1 aromatic carbocycles. The molecule has 0 fully saturated rings. The largest absolute Gasteiger partial charge is 0.465 e. The zero-order valence-electron chi connectivity index (χ0n) is 11.9. The maximum absolute atomic E-state index is 5.53. The van der Waals surface area contributed by atoms with Crippen LogP contribution >= 0.6 is 0 Å². The maximum atomic E-state index is 5.53. The first kappa shape index (κ1) is 13.8. The lowest BCUT2D eigenvalue weighted by Gasteiger charge is -2.11. The number of aryl methyl sites for hydroxylation is 1. The van der Waals surface area contributed by atoms with E-state index < -0.39 is 0 Å². The van der Waals surface area contributed by atoms with Gasteiger partial charge in [0, 0.05) is 13.1 Å². The number of hydrogen-bond donors (Lipinski definition) is 1. The Morgan fingerprint density at radius 3 is 2.53 bits per heavy atom. The Bertz CT molecular complexity index is 517. The molecule has 0 saturated carbocycles. The molecule has 3 nitrogen and oxygen atoms in total. The van der Waals surface area contributed by atoms with Crippen LogP contribution in [0.2, 0.25) is 0 Å². The van der Waals surface area contributed by atoms with Gasteiger partial charge in [0.2, 0.25) is 0 Å².